The van der Waals surface area contributed by atoms with E-state index in [9.17, 15) is 10.1 Å². The van der Waals surface area contributed by atoms with Gasteiger partial charge in [-0.2, -0.15) is 5.26 Å². The molecule has 1 aliphatic heterocycles. The zero-order valence-corrected chi connectivity index (χ0v) is 15.8. The van der Waals surface area contributed by atoms with Gasteiger partial charge in [-0.05, 0) is 71.8 Å². The number of nitrogens with zero attached hydrogens (tertiary/aromatic N) is 4. The Morgan fingerprint density at radius 3 is 2.33 bits per heavy atom. The second-order valence-corrected chi connectivity index (χ2v) is 7.97. The first-order chi connectivity index (χ1) is 11.5. The van der Waals surface area contributed by atoms with Gasteiger partial charge in [0.15, 0.2) is 0 Å². The highest BCUT2D eigenvalue weighted by Gasteiger charge is 2.39. The van der Waals surface area contributed by atoms with Crippen molar-refractivity contribution in [3.8, 4) is 6.07 Å². The fraction of sp³-hybridized carbons (Fsp3) is 0.895. The van der Waals surface area contributed by atoms with Crippen LogP contribution < -0.4 is 0 Å². The molecule has 1 amide bonds. The highest BCUT2D eigenvalue weighted by molar-refractivity contribution is 5.79. The lowest BCUT2D eigenvalue weighted by Crippen LogP contribution is -2.53. The van der Waals surface area contributed by atoms with E-state index in [1.807, 2.05) is 7.05 Å². The summed E-state index contributed by atoms with van der Waals surface area (Å²) in [7, 11) is 6.08. The molecule has 2 fully saturated rings. The summed E-state index contributed by atoms with van der Waals surface area (Å²) in [6.45, 7) is 3.64. The van der Waals surface area contributed by atoms with Gasteiger partial charge in [0.05, 0.1) is 12.6 Å². The number of likely N-dealkylation sites (tertiary alicyclic amines) is 1. The van der Waals surface area contributed by atoms with Crippen molar-refractivity contribution in [2.75, 3.05) is 47.3 Å². The number of hydrogen-bond acceptors (Lipinski definition) is 4. The SMILES string of the molecule is CN(C)CCC1CCN(CC(=O)N(C)C2(C#N)CCCCC2)CC1. The van der Waals surface area contributed by atoms with Crippen LogP contribution in [0.25, 0.3) is 0 Å². The Hall–Kier alpha value is -1.12. The van der Waals surface area contributed by atoms with E-state index in [0.29, 0.717) is 6.54 Å². The molecule has 0 aromatic rings. The van der Waals surface area contributed by atoms with Crippen molar-refractivity contribution in [2.45, 2.75) is 56.9 Å². The molecule has 0 atom stereocenters. The molecule has 0 radical (unpaired) electrons. The maximum absolute atomic E-state index is 12.7. The van der Waals surface area contributed by atoms with Crippen molar-refractivity contribution in [3.05, 3.63) is 0 Å². The summed E-state index contributed by atoms with van der Waals surface area (Å²) >= 11 is 0. The fourth-order valence-corrected chi connectivity index (χ4v) is 4.07. The standard InChI is InChI=1S/C19H34N4O/c1-21(2)12-7-17-8-13-23(14-9-17)15-18(24)22(3)19(16-20)10-5-4-6-11-19/h17H,4-15H2,1-3H3. The average molecular weight is 335 g/mol. The van der Waals surface area contributed by atoms with E-state index >= 15 is 0 Å². The van der Waals surface area contributed by atoms with Crippen molar-refractivity contribution < 1.29 is 4.79 Å². The van der Waals surface area contributed by atoms with Gasteiger partial charge in [0.2, 0.25) is 5.91 Å². The van der Waals surface area contributed by atoms with Gasteiger partial charge in [0.25, 0.3) is 0 Å². The number of carbonyl (C=O) groups excluding carboxylic acids is 1. The average Bonchev–Trinajstić information content (AvgIpc) is 2.61. The Morgan fingerprint density at radius 2 is 1.79 bits per heavy atom. The van der Waals surface area contributed by atoms with Gasteiger partial charge in [-0.3, -0.25) is 9.69 Å². The predicted molar refractivity (Wildman–Crippen MR) is 96.5 cm³/mol. The molecule has 1 saturated carbocycles. The van der Waals surface area contributed by atoms with Crippen molar-refractivity contribution >= 4 is 5.91 Å². The molecule has 24 heavy (non-hydrogen) atoms. The van der Waals surface area contributed by atoms with Gasteiger partial charge < -0.3 is 9.80 Å². The first kappa shape index (κ1) is 19.2. The lowest BCUT2D eigenvalue weighted by Gasteiger charge is -2.40. The maximum Gasteiger partial charge on any atom is 0.237 e. The van der Waals surface area contributed by atoms with E-state index < -0.39 is 5.54 Å². The molecule has 0 aromatic carbocycles. The summed E-state index contributed by atoms with van der Waals surface area (Å²) in [6.07, 6.45) is 8.60. The number of rotatable bonds is 6. The van der Waals surface area contributed by atoms with E-state index in [2.05, 4.69) is 30.0 Å². The first-order valence-electron chi connectivity index (χ1n) is 9.52. The molecule has 5 heteroatoms. The van der Waals surface area contributed by atoms with Crippen LogP contribution in [0.15, 0.2) is 0 Å². The summed E-state index contributed by atoms with van der Waals surface area (Å²) in [6, 6.07) is 2.45. The molecule has 5 nitrogen and oxygen atoms in total. The van der Waals surface area contributed by atoms with Gasteiger partial charge in [-0.25, -0.2) is 0 Å². The van der Waals surface area contributed by atoms with Crippen LogP contribution in [-0.2, 0) is 4.79 Å². The molecule has 0 aromatic heterocycles. The van der Waals surface area contributed by atoms with Crippen LogP contribution in [0.3, 0.4) is 0 Å². The van der Waals surface area contributed by atoms with Gasteiger partial charge in [0.1, 0.15) is 5.54 Å². The Balaban J connectivity index is 1.79. The largest absolute Gasteiger partial charge is 0.326 e. The zero-order chi connectivity index (χ0) is 17.6. The topological polar surface area (TPSA) is 50.6 Å². The Labute approximate surface area is 147 Å². The molecule has 0 unspecified atom stereocenters. The van der Waals surface area contributed by atoms with E-state index in [-0.39, 0.29) is 5.91 Å². The summed E-state index contributed by atoms with van der Waals surface area (Å²) in [5.41, 5.74) is -0.556. The van der Waals surface area contributed by atoms with Crippen LogP contribution in [0.1, 0.15) is 51.4 Å². The molecular weight excluding hydrogens is 300 g/mol. The quantitative estimate of drug-likeness (QED) is 0.748. The van der Waals surface area contributed by atoms with Crippen molar-refractivity contribution in [3.63, 3.8) is 0 Å². The van der Waals surface area contributed by atoms with Crippen LogP contribution in [0.5, 0.6) is 0 Å². The van der Waals surface area contributed by atoms with Crippen molar-refractivity contribution in [1.82, 2.24) is 14.7 Å². The van der Waals surface area contributed by atoms with E-state index in [1.54, 1.807) is 4.90 Å². The lowest BCUT2D eigenvalue weighted by atomic mass is 9.81. The minimum atomic E-state index is -0.556. The van der Waals surface area contributed by atoms with Gasteiger partial charge in [-0.1, -0.05) is 19.3 Å². The third-order valence-electron chi connectivity index (χ3n) is 5.96. The number of likely N-dealkylation sites (N-methyl/N-ethyl adjacent to an activating group) is 1. The second-order valence-electron chi connectivity index (χ2n) is 7.97. The molecule has 0 N–H and O–H groups in total. The summed E-state index contributed by atoms with van der Waals surface area (Å²) in [5, 5.41) is 9.64. The molecule has 1 heterocycles. The highest BCUT2D eigenvalue weighted by Crippen LogP contribution is 2.32. The number of hydrogen-bond donors (Lipinski definition) is 0. The molecule has 0 bridgehead atoms. The molecular formula is C19H34N4O. The molecule has 1 aliphatic carbocycles. The van der Waals surface area contributed by atoms with Gasteiger partial charge in [-0.15, -0.1) is 0 Å². The predicted octanol–water partition coefficient (Wildman–Crippen LogP) is 2.33. The third kappa shape index (κ3) is 4.94. The molecule has 1 saturated heterocycles. The minimum Gasteiger partial charge on any atom is -0.326 e. The minimum absolute atomic E-state index is 0.116. The molecule has 2 aliphatic rings. The van der Waals surface area contributed by atoms with E-state index in [1.165, 1.54) is 25.7 Å². The number of amides is 1. The molecule has 136 valence electrons. The van der Waals surface area contributed by atoms with E-state index in [0.717, 1.165) is 51.2 Å². The fourth-order valence-electron chi connectivity index (χ4n) is 4.07. The van der Waals surface area contributed by atoms with Crippen LogP contribution in [0.2, 0.25) is 0 Å². The Bertz CT molecular complexity index is 443. The van der Waals surface area contributed by atoms with E-state index in [4.69, 9.17) is 0 Å². The third-order valence-corrected chi connectivity index (χ3v) is 5.96. The van der Waals surface area contributed by atoms with Gasteiger partial charge in [0, 0.05) is 7.05 Å². The molecule has 0 spiro atoms. The highest BCUT2D eigenvalue weighted by atomic mass is 16.2. The first-order valence-corrected chi connectivity index (χ1v) is 9.52. The summed E-state index contributed by atoms with van der Waals surface area (Å²) in [4.78, 5) is 19.0. The van der Waals surface area contributed by atoms with Crippen molar-refractivity contribution in [2.24, 2.45) is 5.92 Å². The lowest BCUT2D eigenvalue weighted by molar-refractivity contribution is -0.136. The number of nitriles is 1. The number of carbonyl (C=O) groups is 1. The maximum atomic E-state index is 12.7. The smallest absolute Gasteiger partial charge is 0.237 e. The van der Waals surface area contributed by atoms with Crippen LogP contribution in [0, 0.1) is 17.2 Å². The van der Waals surface area contributed by atoms with Crippen LogP contribution in [0.4, 0.5) is 0 Å². The summed E-state index contributed by atoms with van der Waals surface area (Å²) < 4.78 is 0. The zero-order valence-electron chi connectivity index (χ0n) is 15.8. The Morgan fingerprint density at radius 1 is 1.17 bits per heavy atom. The number of piperidine rings is 1. The summed E-state index contributed by atoms with van der Waals surface area (Å²) in [5.74, 6) is 0.908. The van der Waals surface area contributed by atoms with Crippen LogP contribution >= 0.6 is 0 Å². The normalized spacial score (nSPS) is 22.3. The monoisotopic (exact) mass is 334 g/mol. The molecule has 2 rings (SSSR count). The van der Waals surface area contributed by atoms with Gasteiger partial charge >= 0.3 is 0 Å². The van der Waals surface area contributed by atoms with Crippen molar-refractivity contribution in [1.29, 1.82) is 5.26 Å². The second kappa shape index (κ2) is 8.82. The van der Waals surface area contributed by atoms with Crippen LogP contribution in [-0.4, -0.2) is 73.5 Å². The Kier molecular flexibility index (Phi) is 7.06.